The Balaban J connectivity index is 2.22. The number of pyridine rings is 1. The van der Waals surface area contributed by atoms with E-state index in [-0.39, 0.29) is 5.92 Å². The molecule has 22 heavy (non-hydrogen) atoms. The van der Waals surface area contributed by atoms with Crippen molar-refractivity contribution < 1.29 is 13.9 Å². The molecule has 0 saturated heterocycles. The maximum atomic E-state index is 5.45. The first kappa shape index (κ1) is 14.4. The summed E-state index contributed by atoms with van der Waals surface area (Å²) in [5.74, 6) is 1.98. The Bertz CT molecular complexity index is 809. The third kappa shape index (κ3) is 2.50. The Labute approximate surface area is 128 Å². The van der Waals surface area contributed by atoms with Crippen molar-refractivity contribution in [3.05, 3.63) is 36.2 Å². The molecule has 0 radical (unpaired) electrons. The number of hydrogen-bond donors (Lipinski definition) is 0. The predicted octanol–water partition coefficient (Wildman–Crippen LogP) is 4.03. The highest BCUT2D eigenvalue weighted by molar-refractivity contribution is 5.88. The van der Waals surface area contributed by atoms with Gasteiger partial charge in [0.2, 0.25) is 5.89 Å². The summed E-state index contributed by atoms with van der Waals surface area (Å²) in [5.41, 5.74) is 1.69. The van der Waals surface area contributed by atoms with E-state index in [0.29, 0.717) is 17.5 Å². The minimum atomic E-state index is 0.285. The summed E-state index contributed by atoms with van der Waals surface area (Å²) in [5, 5.41) is 2.16. The molecule has 0 bridgehead atoms. The van der Waals surface area contributed by atoms with Crippen LogP contribution in [0.2, 0.25) is 0 Å². The molecule has 2 aromatic heterocycles. The van der Waals surface area contributed by atoms with Crippen molar-refractivity contribution in [2.75, 3.05) is 14.2 Å². The van der Waals surface area contributed by atoms with E-state index in [9.17, 15) is 0 Å². The first-order chi connectivity index (χ1) is 10.6. The van der Waals surface area contributed by atoms with Crippen molar-refractivity contribution in [1.29, 1.82) is 0 Å². The monoisotopic (exact) mass is 298 g/mol. The van der Waals surface area contributed by atoms with Gasteiger partial charge in [-0.1, -0.05) is 13.8 Å². The highest BCUT2D eigenvalue weighted by Gasteiger charge is 2.15. The Kier molecular flexibility index (Phi) is 3.71. The molecule has 1 aromatic carbocycles. The molecule has 3 rings (SSSR count). The molecule has 2 heterocycles. The average molecular weight is 298 g/mol. The van der Waals surface area contributed by atoms with Gasteiger partial charge in [-0.15, -0.1) is 0 Å². The molecule has 0 N–H and O–H groups in total. The van der Waals surface area contributed by atoms with Crippen LogP contribution in [0.4, 0.5) is 0 Å². The second-order valence-corrected chi connectivity index (χ2v) is 5.33. The molecule has 0 fully saturated rings. The topological polar surface area (TPSA) is 57.4 Å². The molecular formula is C17H18N2O3. The summed E-state index contributed by atoms with van der Waals surface area (Å²) in [7, 11) is 3.21. The van der Waals surface area contributed by atoms with Gasteiger partial charge in [0.1, 0.15) is 11.4 Å². The van der Waals surface area contributed by atoms with Crippen molar-refractivity contribution in [2.24, 2.45) is 0 Å². The number of benzene rings is 1. The molecule has 0 unspecified atom stereocenters. The zero-order valence-corrected chi connectivity index (χ0v) is 13.1. The van der Waals surface area contributed by atoms with Gasteiger partial charge in [-0.05, 0) is 35.6 Å². The number of methoxy groups -OCH3 is 2. The van der Waals surface area contributed by atoms with E-state index in [2.05, 4.69) is 18.8 Å². The minimum absolute atomic E-state index is 0.285. The van der Waals surface area contributed by atoms with Gasteiger partial charge in [0, 0.05) is 5.39 Å². The summed E-state index contributed by atoms with van der Waals surface area (Å²) < 4.78 is 15.8. The quantitative estimate of drug-likeness (QED) is 0.728. The van der Waals surface area contributed by atoms with Crippen LogP contribution in [-0.2, 0) is 0 Å². The van der Waals surface area contributed by atoms with E-state index in [0.717, 1.165) is 22.2 Å². The molecule has 0 aliphatic heterocycles. The second-order valence-electron chi connectivity index (χ2n) is 5.33. The van der Waals surface area contributed by atoms with E-state index in [1.807, 2.05) is 24.3 Å². The number of nitrogens with zero attached hydrogens (tertiary/aromatic N) is 2. The summed E-state index contributed by atoms with van der Waals surface area (Å²) >= 11 is 0. The van der Waals surface area contributed by atoms with E-state index in [1.54, 1.807) is 14.2 Å². The molecule has 0 atom stereocenters. The van der Waals surface area contributed by atoms with Crippen molar-refractivity contribution in [3.63, 3.8) is 0 Å². The fourth-order valence-corrected chi connectivity index (χ4v) is 2.41. The number of aromatic nitrogens is 2. The second kappa shape index (κ2) is 5.67. The molecule has 3 aromatic rings. The van der Waals surface area contributed by atoms with Crippen LogP contribution in [0.5, 0.6) is 11.6 Å². The van der Waals surface area contributed by atoms with Gasteiger partial charge < -0.3 is 13.9 Å². The predicted molar refractivity (Wildman–Crippen MR) is 84.4 cm³/mol. The zero-order valence-electron chi connectivity index (χ0n) is 13.1. The first-order valence-corrected chi connectivity index (χ1v) is 7.11. The van der Waals surface area contributed by atoms with Gasteiger partial charge in [-0.2, -0.15) is 4.98 Å². The van der Waals surface area contributed by atoms with E-state index in [4.69, 9.17) is 18.9 Å². The van der Waals surface area contributed by atoms with Gasteiger partial charge in [0.25, 0.3) is 5.88 Å². The van der Waals surface area contributed by atoms with Crippen LogP contribution < -0.4 is 9.47 Å². The molecule has 0 spiro atoms. The molecule has 5 nitrogen and oxygen atoms in total. The lowest BCUT2D eigenvalue weighted by molar-refractivity contribution is 0.395. The Morgan fingerprint density at radius 2 is 1.86 bits per heavy atom. The number of fused-ring (bicyclic) bond motifs is 1. The minimum Gasteiger partial charge on any atom is -0.497 e. The summed E-state index contributed by atoms with van der Waals surface area (Å²) in [6.45, 7) is 4.23. The largest absolute Gasteiger partial charge is 0.497 e. The lowest BCUT2D eigenvalue weighted by Gasteiger charge is -2.11. The lowest BCUT2D eigenvalue weighted by Crippen LogP contribution is -1.97. The van der Waals surface area contributed by atoms with E-state index in [1.165, 1.54) is 6.26 Å². The maximum absolute atomic E-state index is 5.45. The highest BCUT2D eigenvalue weighted by atomic mass is 16.5. The number of oxazole rings is 1. The normalized spacial score (nSPS) is 11.1. The lowest BCUT2D eigenvalue weighted by atomic mass is 10.0. The number of rotatable bonds is 4. The third-order valence-electron chi connectivity index (χ3n) is 3.53. The highest BCUT2D eigenvalue weighted by Crippen LogP contribution is 2.31. The van der Waals surface area contributed by atoms with Crippen molar-refractivity contribution in [1.82, 2.24) is 9.97 Å². The Morgan fingerprint density at radius 1 is 1.05 bits per heavy atom. The van der Waals surface area contributed by atoms with Gasteiger partial charge in [0.05, 0.1) is 19.9 Å². The fourth-order valence-electron chi connectivity index (χ4n) is 2.41. The maximum Gasteiger partial charge on any atom is 0.253 e. The van der Waals surface area contributed by atoms with Crippen LogP contribution in [0.25, 0.3) is 22.4 Å². The van der Waals surface area contributed by atoms with Crippen LogP contribution in [0.3, 0.4) is 0 Å². The Hall–Kier alpha value is -2.56. The smallest absolute Gasteiger partial charge is 0.253 e. The molecule has 5 heteroatoms. The van der Waals surface area contributed by atoms with Crippen LogP contribution in [0, 0.1) is 0 Å². The van der Waals surface area contributed by atoms with Crippen LogP contribution >= 0.6 is 0 Å². The van der Waals surface area contributed by atoms with Crippen molar-refractivity contribution in [3.8, 4) is 23.2 Å². The standard InChI is InChI=1S/C17H18N2O3/c1-10(2)16-13-6-5-12(20-3)7-11(13)8-14(18-16)17-19-15(21-4)9-22-17/h5-10H,1-4H3. The number of hydrogen-bond acceptors (Lipinski definition) is 5. The molecule has 114 valence electrons. The van der Waals surface area contributed by atoms with E-state index < -0.39 is 0 Å². The van der Waals surface area contributed by atoms with Crippen LogP contribution in [0.15, 0.2) is 34.9 Å². The van der Waals surface area contributed by atoms with Gasteiger partial charge in [0.15, 0.2) is 6.26 Å². The molecular weight excluding hydrogens is 280 g/mol. The van der Waals surface area contributed by atoms with Crippen LogP contribution in [0.1, 0.15) is 25.5 Å². The molecule has 0 amide bonds. The molecule has 0 aliphatic rings. The van der Waals surface area contributed by atoms with Gasteiger partial charge in [-0.25, -0.2) is 4.98 Å². The summed E-state index contributed by atoms with van der Waals surface area (Å²) in [6, 6.07) is 7.93. The molecule has 0 saturated carbocycles. The van der Waals surface area contributed by atoms with E-state index >= 15 is 0 Å². The van der Waals surface area contributed by atoms with Gasteiger partial charge in [-0.3, -0.25) is 0 Å². The Morgan fingerprint density at radius 3 is 2.50 bits per heavy atom. The third-order valence-corrected chi connectivity index (χ3v) is 3.53. The number of ether oxygens (including phenoxy) is 2. The first-order valence-electron chi connectivity index (χ1n) is 7.11. The van der Waals surface area contributed by atoms with Crippen molar-refractivity contribution in [2.45, 2.75) is 19.8 Å². The van der Waals surface area contributed by atoms with Crippen molar-refractivity contribution >= 4 is 10.8 Å². The fraction of sp³-hybridized carbons (Fsp3) is 0.294. The van der Waals surface area contributed by atoms with Crippen LogP contribution in [-0.4, -0.2) is 24.2 Å². The average Bonchev–Trinajstić information content (AvgIpc) is 3.02. The molecule has 0 aliphatic carbocycles. The zero-order chi connectivity index (χ0) is 15.7. The summed E-state index contributed by atoms with van der Waals surface area (Å²) in [6.07, 6.45) is 1.47. The summed E-state index contributed by atoms with van der Waals surface area (Å²) in [4.78, 5) is 8.99. The SMILES string of the molecule is COc1ccc2c(C(C)C)nc(-c3nc(OC)co3)cc2c1. The van der Waals surface area contributed by atoms with Gasteiger partial charge >= 0.3 is 0 Å².